The minimum absolute atomic E-state index is 0.0120. The lowest BCUT2D eigenvalue weighted by atomic mass is 10.1. The molecule has 29 heavy (non-hydrogen) atoms. The average molecular weight is 419 g/mol. The van der Waals surface area contributed by atoms with Gasteiger partial charge in [0.15, 0.2) is 0 Å². The van der Waals surface area contributed by atoms with E-state index in [-0.39, 0.29) is 16.4 Å². The highest BCUT2D eigenvalue weighted by Crippen LogP contribution is 2.18. The Morgan fingerprint density at radius 1 is 1.21 bits per heavy atom. The van der Waals surface area contributed by atoms with Crippen molar-refractivity contribution in [1.82, 2.24) is 14.8 Å². The Morgan fingerprint density at radius 2 is 1.97 bits per heavy atom. The van der Waals surface area contributed by atoms with E-state index in [1.54, 1.807) is 12.3 Å². The summed E-state index contributed by atoms with van der Waals surface area (Å²) in [4.78, 5) is 24.0. The van der Waals surface area contributed by atoms with Crippen LogP contribution in [0.3, 0.4) is 0 Å². The molecule has 156 valence electrons. The van der Waals surface area contributed by atoms with Crippen molar-refractivity contribution < 1.29 is 18.0 Å². The molecular weight excluding hydrogens is 392 g/mol. The molecule has 0 bridgehead atoms. The summed E-state index contributed by atoms with van der Waals surface area (Å²) in [5.41, 5.74) is 1.13. The summed E-state index contributed by atoms with van der Waals surface area (Å²) in [7, 11) is -1.25. The quantitative estimate of drug-likeness (QED) is 0.693. The normalized spacial score (nSPS) is 14.8. The van der Waals surface area contributed by atoms with Gasteiger partial charge in [-0.15, -0.1) is 0 Å². The number of hydrogen-bond donors (Lipinski definition) is 1. The Balaban J connectivity index is 1.63. The molecule has 0 aliphatic carbocycles. The van der Waals surface area contributed by atoms with E-state index >= 15 is 0 Å². The lowest BCUT2D eigenvalue weighted by Gasteiger charge is -2.27. The Kier molecular flexibility index (Phi) is 6.83. The number of aromatic nitrogens is 1. The average Bonchev–Trinajstić information content (AvgIpc) is 2.77. The fourth-order valence-electron chi connectivity index (χ4n) is 3.16. The number of rotatable bonds is 7. The summed E-state index contributed by atoms with van der Waals surface area (Å²) in [6.07, 6.45) is 5.41. The predicted molar refractivity (Wildman–Crippen MR) is 110 cm³/mol. The number of sulfonamides is 1. The fraction of sp³-hybridized carbons (Fsp3) is 0.400. The van der Waals surface area contributed by atoms with Gasteiger partial charge < -0.3 is 10.2 Å². The third-order valence-electron chi connectivity index (χ3n) is 4.93. The zero-order valence-corrected chi connectivity index (χ0v) is 17.5. The molecule has 8 nitrogen and oxygen atoms in total. The molecule has 2 aromatic rings. The van der Waals surface area contributed by atoms with E-state index < -0.39 is 10.0 Å². The molecule has 0 atom stereocenters. The molecule has 2 heterocycles. The Morgan fingerprint density at radius 3 is 2.62 bits per heavy atom. The third-order valence-corrected chi connectivity index (χ3v) is 6.61. The molecule has 1 aromatic heterocycles. The van der Waals surface area contributed by atoms with Crippen molar-refractivity contribution in [2.45, 2.75) is 30.7 Å². The molecule has 1 N–H and O–H groups in total. The molecule has 1 amide bonds. The Hall–Kier alpha value is -2.49. The number of hydrogen-bond acceptors (Lipinski definition) is 6. The van der Waals surface area contributed by atoms with Gasteiger partial charge in [0.1, 0.15) is 5.82 Å². The highest BCUT2D eigenvalue weighted by atomic mass is 32.2. The third kappa shape index (κ3) is 5.11. The summed E-state index contributed by atoms with van der Waals surface area (Å²) in [5.74, 6) is 0.599. The lowest BCUT2D eigenvalue weighted by Crippen LogP contribution is -2.30. The van der Waals surface area contributed by atoms with Crippen LogP contribution in [0, 0.1) is 0 Å². The number of nitrogens with one attached hydrogen (secondary N) is 1. The van der Waals surface area contributed by atoms with Crippen LogP contribution in [0.4, 0.5) is 5.82 Å². The molecule has 0 spiro atoms. The molecule has 9 heteroatoms. The molecular formula is C20H26N4O4S. The maximum absolute atomic E-state index is 12.5. The molecule has 1 aromatic carbocycles. The number of hydroxylamine groups is 1. The second-order valence-corrected chi connectivity index (χ2v) is 8.82. The number of carbonyl (C=O) groups excluding carboxylic acids is 1. The van der Waals surface area contributed by atoms with Crippen molar-refractivity contribution in [3.63, 3.8) is 0 Å². The van der Waals surface area contributed by atoms with Crippen LogP contribution in [0.5, 0.6) is 0 Å². The number of carbonyl (C=O) groups is 1. The number of amides is 1. The SMILES string of the molecule is CON(C)S(=O)(=O)c1cccc(C(=O)NCc2ccc(N3CCCCC3)nc2)c1. The molecule has 1 aliphatic rings. The Bertz CT molecular complexity index is 941. The van der Waals surface area contributed by atoms with Gasteiger partial charge in [-0.05, 0) is 49.1 Å². The predicted octanol–water partition coefficient (Wildman–Crippen LogP) is 2.18. The van der Waals surface area contributed by atoms with E-state index in [1.165, 1.54) is 51.6 Å². The largest absolute Gasteiger partial charge is 0.357 e. The van der Waals surface area contributed by atoms with Crippen molar-refractivity contribution in [2.24, 2.45) is 0 Å². The van der Waals surface area contributed by atoms with Crippen LogP contribution >= 0.6 is 0 Å². The fourth-order valence-corrected chi connectivity index (χ4v) is 4.18. The first-order chi connectivity index (χ1) is 13.9. The number of piperidine rings is 1. The van der Waals surface area contributed by atoms with Crippen LogP contribution in [0.25, 0.3) is 0 Å². The van der Waals surface area contributed by atoms with E-state index in [0.717, 1.165) is 28.9 Å². The topological polar surface area (TPSA) is 91.8 Å². The zero-order chi connectivity index (χ0) is 20.9. The number of benzene rings is 1. The van der Waals surface area contributed by atoms with Gasteiger partial charge in [0.05, 0.1) is 12.0 Å². The summed E-state index contributed by atoms with van der Waals surface area (Å²) in [5, 5.41) is 2.80. The van der Waals surface area contributed by atoms with Gasteiger partial charge in [0.25, 0.3) is 15.9 Å². The summed E-state index contributed by atoms with van der Waals surface area (Å²) < 4.78 is 25.4. The van der Waals surface area contributed by atoms with Crippen LogP contribution in [0.1, 0.15) is 35.2 Å². The second kappa shape index (κ2) is 9.34. The monoisotopic (exact) mass is 418 g/mol. The van der Waals surface area contributed by atoms with E-state index in [4.69, 9.17) is 4.84 Å². The number of anilines is 1. The first-order valence-electron chi connectivity index (χ1n) is 9.53. The first-order valence-corrected chi connectivity index (χ1v) is 11.0. The van der Waals surface area contributed by atoms with Crippen molar-refractivity contribution in [3.05, 3.63) is 53.7 Å². The smallest absolute Gasteiger partial charge is 0.264 e. The molecule has 1 fully saturated rings. The van der Waals surface area contributed by atoms with Gasteiger partial charge in [-0.1, -0.05) is 16.6 Å². The maximum Gasteiger partial charge on any atom is 0.264 e. The van der Waals surface area contributed by atoms with Gasteiger partial charge in [0, 0.05) is 38.4 Å². The van der Waals surface area contributed by atoms with Crippen LogP contribution in [0.15, 0.2) is 47.5 Å². The summed E-state index contributed by atoms with van der Waals surface area (Å²) >= 11 is 0. The summed E-state index contributed by atoms with van der Waals surface area (Å²) in [6, 6.07) is 9.77. The van der Waals surface area contributed by atoms with Crippen LogP contribution in [-0.2, 0) is 21.4 Å². The van der Waals surface area contributed by atoms with Gasteiger partial charge in [-0.2, -0.15) is 0 Å². The van der Waals surface area contributed by atoms with Gasteiger partial charge in [-0.3, -0.25) is 9.63 Å². The molecule has 0 radical (unpaired) electrons. The van der Waals surface area contributed by atoms with Gasteiger partial charge in [0.2, 0.25) is 0 Å². The molecule has 1 saturated heterocycles. The molecule has 0 saturated carbocycles. The van der Waals surface area contributed by atoms with Crippen molar-refractivity contribution in [2.75, 3.05) is 32.1 Å². The van der Waals surface area contributed by atoms with Crippen molar-refractivity contribution >= 4 is 21.7 Å². The lowest BCUT2D eigenvalue weighted by molar-refractivity contribution is -0.0258. The highest BCUT2D eigenvalue weighted by Gasteiger charge is 2.22. The van der Waals surface area contributed by atoms with Crippen molar-refractivity contribution in [3.8, 4) is 0 Å². The van der Waals surface area contributed by atoms with Crippen LogP contribution in [-0.4, -0.2) is 51.0 Å². The van der Waals surface area contributed by atoms with Crippen LogP contribution in [0.2, 0.25) is 0 Å². The standard InChI is InChI=1S/C20H26N4O4S/c1-23(28-2)29(26,27)18-8-6-7-17(13-18)20(25)22-15-16-9-10-19(21-14-16)24-11-4-3-5-12-24/h6-10,13-14H,3-5,11-12,15H2,1-2H3,(H,22,25). The highest BCUT2D eigenvalue weighted by molar-refractivity contribution is 7.89. The first kappa shape index (κ1) is 21.2. The van der Waals surface area contributed by atoms with Crippen LogP contribution < -0.4 is 10.2 Å². The maximum atomic E-state index is 12.5. The molecule has 0 unspecified atom stereocenters. The van der Waals surface area contributed by atoms with E-state index in [9.17, 15) is 13.2 Å². The van der Waals surface area contributed by atoms with Gasteiger partial charge in [-0.25, -0.2) is 13.4 Å². The van der Waals surface area contributed by atoms with E-state index in [2.05, 4.69) is 15.2 Å². The number of nitrogens with zero attached hydrogens (tertiary/aromatic N) is 3. The van der Waals surface area contributed by atoms with Gasteiger partial charge >= 0.3 is 0 Å². The summed E-state index contributed by atoms with van der Waals surface area (Å²) in [6.45, 7) is 2.36. The molecule has 3 rings (SSSR count). The minimum Gasteiger partial charge on any atom is -0.357 e. The van der Waals surface area contributed by atoms with E-state index in [1.807, 2.05) is 12.1 Å². The molecule has 1 aliphatic heterocycles. The second-order valence-electron chi connectivity index (χ2n) is 6.88. The Labute approximate surface area is 171 Å². The zero-order valence-electron chi connectivity index (χ0n) is 16.7. The van der Waals surface area contributed by atoms with E-state index in [0.29, 0.717) is 6.54 Å². The number of pyridine rings is 1. The minimum atomic E-state index is -3.81. The van der Waals surface area contributed by atoms with Crippen molar-refractivity contribution in [1.29, 1.82) is 0 Å².